The number of rotatable bonds is 8. The molecule has 2 aliphatic heterocycles. The Bertz CT molecular complexity index is 2200. The van der Waals surface area contributed by atoms with Crippen molar-refractivity contribution in [1.29, 1.82) is 0 Å². The third-order valence-corrected chi connectivity index (χ3v) is 13.2. The van der Waals surface area contributed by atoms with Gasteiger partial charge in [0.2, 0.25) is 10.0 Å². The lowest BCUT2D eigenvalue weighted by atomic mass is 10.1. The second kappa shape index (κ2) is 17.1. The molecular weight excluding hydrogens is 726 g/mol. The fourth-order valence-corrected chi connectivity index (χ4v) is 9.38. The van der Waals surface area contributed by atoms with Crippen molar-refractivity contribution in [2.45, 2.75) is 62.2 Å². The number of benzene rings is 4. The molecule has 2 amide bonds. The first-order valence-corrected chi connectivity index (χ1v) is 20.5. The maximum Gasteiger partial charge on any atom is 0.258 e. The molecule has 9 nitrogen and oxygen atoms in total. The van der Waals surface area contributed by atoms with Crippen LogP contribution >= 0.6 is 0 Å². The van der Waals surface area contributed by atoms with Gasteiger partial charge in [0.15, 0.2) is 0 Å². The number of piperidine rings is 2. The van der Waals surface area contributed by atoms with Crippen LogP contribution in [0.5, 0.6) is 0 Å². The quantitative estimate of drug-likeness (QED) is 0.180. The van der Waals surface area contributed by atoms with Crippen LogP contribution in [0, 0.1) is 31.3 Å². The second-order valence-corrected chi connectivity index (χ2v) is 17.3. The van der Waals surface area contributed by atoms with Gasteiger partial charge in [-0.3, -0.25) is 9.59 Å². The number of nitrogens with one attached hydrogen (secondary N) is 2. The average Bonchev–Trinajstić information content (AvgIpc) is 3.15. The topological polar surface area (TPSA) is 116 Å². The van der Waals surface area contributed by atoms with Gasteiger partial charge in [-0.05, 0) is 129 Å². The predicted molar refractivity (Wildman–Crippen MR) is 203 cm³/mol. The molecule has 2 saturated heterocycles. The SMILES string of the molecule is C=S(=O)(c1ccc(F)c(C(=O)Nc2ccc(F)c(C)c2)c1)N1CCCCC1.Cc1cc(NC(=O)c2cccc(S(=O)(=O)N3CCCCC3)c2)ccc1F. The third-order valence-electron chi connectivity index (χ3n) is 9.16. The number of carbonyl (C=O) groups is 2. The van der Waals surface area contributed by atoms with E-state index in [9.17, 15) is 35.4 Å². The number of amides is 2. The highest BCUT2D eigenvalue weighted by Crippen LogP contribution is 2.25. The summed E-state index contributed by atoms with van der Waals surface area (Å²) in [4.78, 5) is 25.4. The van der Waals surface area contributed by atoms with E-state index in [0.717, 1.165) is 44.6 Å². The largest absolute Gasteiger partial charge is 0.322 e. The molecule has 4 aromatic rings. The summed E-state index contributed by atoms with van der Waals surface area (Å²) in [6.07, 6.45) is 5.69. The fraction of sp³-hybridized carbons (Fsp3) is 0.308. The van der Waals surface area contributed by atoms with Crippen LogP contribution in [0.15, 0.2) is 88.7 Å². The van der Waals surface area contributed by atoms with Crippen molar-refractivity contribution in [2.24, 2.45) is 0 Å². The van der Waals surface area contributed by atoms with Gasteiger partial charge in [0.1, 0.15) is 17.5 Å². The van der Waals surface area contributed by atoms with Crippen LogP contribution in [0.1, 0.15) is 70.4 Å². The molecule has 0 aliphatic carbocycles. The summed E-state index contributed by atoms with van der Waals surface area (Å²) >= 11 is 0. The van der Waals surface area contributed by atoms with Crippen LogP contribution in [0.2, 0.25) is 0 Å². The Labute approximate surface area is 309 Å². The number of carbonyl (C=O) groups excluding carboxylic acids is 2. The summed E-state index contributed by atoms with van der Waals surface area (Å²) in [5.74, 6) is 1.28. The van der Waals surface area contributed by atoms with Crippen molar-refractivity contribution < 1.29 is 35.4 Å². The average molecular weight is 769 g/mol. The van der Waals surface area contributed by atoms with E-state index in [4.69, 9.17) is 0 Å². The van der Waals surface area contributed by atoms with Crippen molar-refractivity contribution in [3.63, 3.8) is 0 Å². The molecule has 282 valence electrons. The van der Waals surface area contributed by atoms with Gasteiger partial charge in [0.05, 0.1) is 20.2 Å². The first kappa shape index (κ1) is 39.7. The highest BCUT2D eigenvalue weighted by Gasteiger charge is 2.27. The Morgan fingerprint density at radius 3 is 1.66 bits per heavy atom. The summed E-state index contributed by atoms with van der Waals surface area (Å²) in [7, 11) is -6.38. The summed E-state index contributed by atoms with van der Waals surface area (Å²) in [6.45, 7) is 5.52. The molecule has 2 N–H and O–H groups in total. The van der Waals surface area contributed by atoms with Crippen LogP contribution in [0.25, 0.3) is 0 Å². The van der Waals surface area contributed by atoms with Crippen molar-refractivity contribution in [3.8, 4) is 0 Å². The molecule has 0 spiro atoms. The molecule has 1 unspecified atom stereocenters. The minimum Gasteiger partial charge on any atom is -0.322 e. The van der Waals surface area contributed by atoms with Crippen molar-refractivity contribution >= 4 is 48.8 Å². The Kier molecular flexibility index (Phi) is 12.8. The summed E-state index contributed by atoms with van der Waals surface area (Å²) < 4.78 is 82.9. The lowest BCUT2D eigenvalue weighted by Gasteiger charge is -2.29. The number of hydrogen-bond donors (Lipinski definition) is 2. The highest BCUT2D eigenvalue weighted by molar-refractivity contribution is 7.98. The lowest BCUT2D eigenvalue weighted by molar-refractivity contribution is 0.101. The zero-order valence-electron chi connectivity index (χ0n) is 29.7. The molecule has 2 fully saturated rings. The molecule has 1 atom stereocenters. The Balaban J connectivity index is 0.000000204. The molecule has 0 bridgehead atoms. The van der Waals surface area contributed by atoms with Gasteiger partial charge in [-0.2, -0.15) is 4.31 Å². The second-order valence-electron chi connectivity index (χ2n) is 13.1. The van der Waals surface area contributed by atoms with E-state index in [1.165, 1.54) is 65.0 Å². The predicted octanol–water partition coefficient (Wildman–Crippen LogP) is 7.56. The van der Waals surface area contributed by atoms with Crippen molar-refractivity contribution in [1.82, 2.24) is 8.61 Å². The van der Waals surface area contributed by atoms with Crippen LogP contribution in [-0.4, -0.2) is 65.1 Å². The van der Waals surface area contributed by atoms with Gasteiger partial charge in [-0.15, -0.1) is 0 Å². The zero-order valence-corrected chi connectivity index (χ0v) is 31.3. The molecule has 0 aromatic heterocycles. The summed E-state index contributed by atoms with van der Waals surface area (Å²) in [5, 5.41) is 5.22. The summed E-state index contributed by atoms with van der Waals surface area (Å²) in [6, 6.07) is 18.2. The first-order chi connectivity index (χ1) is 25.2. The minimum absolute atomic E-state index is 0.113. The number of halogens is 3. The molecule has 2 heterocycles. The van der Waals surface area contributed by atoms with Gasteiger partial charge < -0.3 is 10.6 Å². The Hall–Kier alpha value is -4.50. The van der Waals surface area contributed by atoms with Gasteiger partial charge in [0.25, 0.3) is 11.8 Å². The maximum atomic E-state index is 14.2. The molecule has 6 rings (SSSR count). The zero-order chi connectivity index (χ0) is 38.3. The van der Waals surface area contributed by atoms with E-state index in [0.29, 0.717) is 53.6 Å². The van der Waals surface area contributed by atoms with Gasteiger partial charge in [0, 0.05) is 48.0 Å². The molecule has 0 radical (unpaired) electrons. The van der Waals surface area contributed by atoms with E-state index in [1.54, 1.807) is 30.3 Å². The van der Waals surface area contributed by atoms with E-state index >= 15 is 0 Å². The van der Waals surface area contributed by atoms with Gasteiger partial charge >= 0.3 is 0 Å². The number of nitrogens with zero attached hydrogens (tertiary/aromatic N) is 2. The van der Waals surface area contributed by atoms with Gasteiger partial charge in [-0.1, -0.05) is 18.9 Å². The first-order valence-electron chi connectivity index (χ1n) is 17.3. The number of hydrogen-bond acceptors (Lipinski definition) is 5. The van der Waals surface area contributed by atoms with Crippen molar-refractivity contribution in [2.75, 3.05) is 36.8 Å². The van der Waals surface area contributed by atoms with E-state index in [-0.39, 0.29) is 27.7 Å². The number of anilines is 2. The maximum absolute atomic E-state index is 14.2. The number of sulfonamides is 1. The standard InChI is InChI=1S/C20H22F2N2O2S.C19H21FN2O3S/c1-14-12-15(6-8-18(14)21)23-20(25)17-13-16(7-9-19(17)22)27(2,26)24-10-4-3-5-11-24;1-14-12-16(8-9-18(14)20)21-19(23)15-6-5-7-17(13-15)26(24,25)22-10-3-2-4-11-22/h6-9,12-13H,2-5,10-11H2,1H3,(H,23,25);5-9,12-13H,2-4,10-11H2,1H3,(H,21,23). The van der Waals surface area contributed by atoms with E-state index < -0.39 is 37.4 Å². The number of aryl methyl sites for hydroxylation is 2. The minimum atomic E-state index is -3.60. The molecule has 53 heavy (non-hydrogen) atoms. The molecular formula is C39H43F3N4O5S2. The van der Waals surface area contributed by atoms with Crippen LogP contribution in [0.4, 0.5) is 24.5 Å². The lowest BCUT2D eigenvalue weighted by Crippen LogP contribution is -2.35. The van der Waals surface area contributed by atoms with E-state index in [1.807, 2.05) is 0 Å². The third kappa shape index (κ3) is 9.74. The summed E-state index contributed by atoms with van der Waals surface area (Å²) in [5.41, 5.74) is 1.62. The normalized spacial score (nSPS) is 16.5. The molecule has 2 aliphatic rings. The molecule has 14 heteroatoms. The van der Waals surface area contributed by atoms with Crippen LogP contribution in [-0.2, 0) is 19.7 Å². The fourth-order valence-electron chi connectivity index (χ4n) is 6.08. The smallest absolute Gasteiger partial charge is 0.258 e. The Morgan fingerprint density at radius 1 is 0.604 bits per heavy atom. The molecule has 4 aromatic carbocycles. The van der Waals surface area contributed by atoms with Crippen LogP contribution in [0.3, 0.4) is 0 Å². The van der Waals surface area contributed by atoms with Crippen molar-refractivity contribution in [3.05, 3.63) is 119 Å². The Morgan fingerprint density at radius 2 is 1.11 bits per heavy atom. The van der Waals surface area contributed by atoms with E-state index in [2.05, 4.69) is 16.5 Å². The monoisotopic (exact) mass is 768 g/mol. The molecule has 0 saturated carbocycles. The van der Waals surface area contributed by atoms with Gasteiger partial charge in [-0.25, -0.2) is 30.1 Å². The van der Waals surface area contributed by atoms with Crippen LogP contribution < -0.4 is 10.6 Å². The highest BCUT2D eigenvalue weighted by atomic mass is 32.2.